The fourth-order valence-corrected chi connectivity index (χ4v) is 6.81. The highest BCUT2D eigenvalue weighted by atomic mass is 35.5. The second kappa shape index (κ2) is 15.6. The molecule has 0 radical (unpaired) electrons. The minimum absolute atomic E-state index is 0.00307. The van der Waals surface area contributed by atoms with Crippen LogP contribution in [-0.2, 0) is 32.6 Å². The van der Waals surface area contributed by atoms with Gasteiger partial charge in [0.25, 0.3) is 10.0 Å². The van der Waals surface area contributed by atoms with E-state index in [1.807, 2.05) is 37.3 Å². The molecule has 0 heterocycles. The Hall–Kier alpha value is -3.56. The Bertz CT molecular complexity index is 1740. The summed E-state index contributed by atoms with van der Waals surface area (Å²) in [7, 11) is -4.23. The first-order chi connectivity index (χ1) is 21.5. The average Bonchev–Trinajstić information content (AvgIpc) is 3.03. The largest absolute Gasteiger partial charge is 0.354 e. The summed E-state index contributed by atoms with van der Waals surface area (Å²) >= 11 is 19.1. The van der Waals surface area contributed by atoms with Crippen molar-refractivity contribution in [3.05, 3.63) is 129 Å². The van der Waals surface area contributed by atoms with Gasteiger partial charge in [0.2, 0.25) is 11.8 Å². The maximum absolute atomic E-state index is 14.5. The van der Waals surface area contributed by atoms with Crippen LogP contribution in [0.5, 0.6) is 0 Å². The summed E-state index contributed by atoms with van der Waals surface area (Å²) in [5.41, 5.74) is 2.33. The monoisotopic (exact) mass is 685 g/mol. The first-order valence-corrected chi connectivity index (χ1v) is 17.0. The Kier molecular flexibility index (Phi) is 11.9. The van der Waals surface area contributed by atoms with Crippen LogP contribution < -0.4 is 9.62 Å². The van der Waals surface area contributed by atoms with Gasteiger partial charge in [0.1, 0.15) is 12.6 Å². The van der Waals surface area contributed by atoms with E-state index >= 15 is 0 Å². The van der Waals surface area contributed by atoms with Gasteiger partial charge in [-0.2, -0.15) is 0 Å². The second-order valence-corrected chi connectivity index (χ2v) is 13.6. The van der Waals surface area contributed by atoms with Crippen molar-refractivity contribution in [2.24, 2.45) is 0 Å². The molecule has 0 saturated heterocycles. The number of carbonyl (C=O) groups excluding carboxylic acids is 2. The topological polar surface area (TPSA) is 86.8 Å². The molecule has 0 saturated carbocycles. The van der Waals surface area contributed by atoms with E-state index in [2.05, 4.69) is 5.32 Å². The number of benzene rings is 4. The summed E-state index contributed by atoms with van der Waals surface area (Å²) in [5.74, 6) is -0.972. The maximum atomic E-state index is 14.5. The molecule has 0 aliphatic carbocycles. The number of rotatable bonds is 13. The summed E-state index contributed by atoms with van der Waals surface area (Å²) in [5, 5.41) is 3.99. The zero-order valence-corrected chi connectivity index (χ0v) is 28.0. The van der Waals surface area contributed by atoms with Crippen LogP contribution in [0.4, 0.5) is 5.69 Å². The quantitative estimate of drug-likeness (QED) is 0.160. The molecule has 1 N–H and O–H groups in total. The smallest absolute Gasteiger partial charge is 0.264 e. The summed E-state index contributed by atoms with van der Waals surface area (Å²) in [4.78, 5) is 29.6. The van der Waals surface area contributed by atoms with E-state index in [9.17, 15) is 18.0 Å². The lowest BCUT2D eigenvalue weighted by atomic mass is 10.0. The van der Waals surface area contributed by atoms with Crippen LogP contribution in [0.3, 0.4) is 0 Å². The van der Waals surface area contributed by atoms with Gasteiger partial charge in [-0.25, -0.2) is 8.42 Å². The van der Waals surface area contributed by atoms with E-state index in [4.69, 9.17) is 34.8 Å². The van der Waals surface area contributed by atoms with Crippen molar-refractivity contribution >= 4 is 62.3 Å². The molecule has 0 fully saturated rings. The number of sulfonamides is 1. The Labute approximate surface area is 279 Å². The second-order valence-electron chi connectivity index (χ2n) is 10.5. The van der Waals surface area contributed by atoms with Gasteiger partial charge in [-0.3, -0.25) is 13.9 Å². The summed E-state index contributed by atoms with van der Waals surface area (Å²) in [6.07, 6.45) is 0.882. The minimum Gasteiger partial charge on any atom is -0.354 e. The van der Waals surface area contributed by atoms with Gasteiger partial charge in [-0.15, -0.1) is 0 Å². The van der Waals surface area contributed by atoms with Crippen LogP contribution in [-0.4, -0.2) is 44.3 Å². The molecule has 11 heteroatoms. The van der Waals surface area contributed by atoms with Crippen molar-refractivity contribution < 1.29 is 18.0 Å². The number of hydrogen-bond acceptors (Lipinski definition) is 4. The lowest BCUT2D eigenvalue weighted by molar-refractivity contribution is -0.140. The van der Waals surface area contributed by atoms with Gasteiger partial charge < -0.3 is 10.2 Å². The number of aryl methyl sites for hydroxylation is 1. The highest BCUT2D eigenvalue weighted by Crippen LogP contribution is 2.29. The zero-order chi connectivity index (χ0) is 32.6. The summed E-state index contributed by atoms with van der Waals surface area (Å²) in [6, 6.07) is 25.9. The van der Waals surface area contributed by atoms with E-state index in [1.54, 1.807) is 55.5 Å². The first-order valence-electron chi connectivity index (χ1n) is 14.4. The lowest BCUT2D eigenvalue weighted by Gasteiger charge is -2.34. The number of nitrogens with zero attached hydrogens (tertiary/aromatic N) is 2. The third kappa shape index (κ3) is 8.79. The van der Waals surface area contributed by atoms with Gasteiger partial charge in [-0.05, 0) is 66.4 Å². The number of amides is 2. The minimum atomic E-state index is -4.23. The van der Waals surface area contributed by atoms with Gasteiger partial charge in [-0.1, -0.05) is 102 Å². The van der Waals surface area contributed by atoms with Gasteiger partial charge in [0.05, 0.1) is 10.6 Å². The molecule has 2 amide bonds. The Balaban J connectivity index is 1.82. The third-order valence-electron chi connectivity index (χ3n) is 7.23. The van der Waals surface area contributed by atoms with Crippen molar-refractivity contribution in [1.29, 1.82) is 0 Å². The SMILES string of the molecule is CCCNC(=O)[C@@H](Cc1ccccc1)N(Cc1ccc(Cl)cc1Cl)C(=O)CN(c1ccc(C)c(Cl)c1)S(=O)(=O)c1ccccc1. The van der Waals surface area contributed by atoms with Crippen LogP contribution in [0.15, 0.2) is 102 Å². The predicted octanol–water partition coefficient (Wildman–Crippen LogP) is 7.32. The van der Waals surface area contributed by atoms with Gasteiger partial charge >= 0.3 is 0 Å². The Morgan fingerprint density at radius 1 is 0.844 bits per heavy atom. The van der Waals surface area contributed by atoms with E-state index in [0.717, 1.165) is 15.4 Å². The summed E-state index contributed by atoms with van der Waals surface area (Å²) < 4.78 is 29.2. The molecule has 0 unspecified atom stereocenters. The van der Waals surface area contributed by atoms with Crippen molar-refractivity contribution in [3.8, 4) is 0 Å². The highest BCUT2D eigenvalue weighted by Gasteiger charge is 2.35. The standard InChI is InChI=1S/C34H34Cl3N3O4S/c1-3-18-38-34(42)32(19-25-10-6-4-7-11-25)39(22-26-15-16-27(35)20-31(26)37)33(41)23-40(28-17-14-24(2)30(36)21-28)45(43,44)29-12-8-5-9-13-29/h4-17,20-21,32H,3,18-19,22-23H2,1-2H3,(H,38,42)/t32-/m1/s1. The average molecular weight is 687 g/mol. The van der Waals surface area contributed by atoms with Crippen molar-refractivity contribution in [3.63, 3.8) is 0 Å². The molecule has 4 aromatic rings. The van der Waals surface area contributed by atoms with E-state index in [1.165, 1.54) is 23.1 Å². The number of halogens is 3. The van der Waals surface area contributed by atoms with Crippen LogP contribution in [0, 0.1) is 6.92 Å². The molecule has 1 atom stereocenters. The molecule has 45 heavy (non-hydrogen) atoms. The van der Waals surface area contributed by atoms with Crippen molar-refractivity contribution in [1.82, 2.24) is 10.2 Å². The molecule has 0 spiro atoms. The van der Waals surface area contributed by atoms with Crippen LogP contribution in [0.2, 0.25) is 15.1 Å². The molecule has 0 aliphatic heterocycles. The zero-order valence-electron chi connectivity index (χ0n) is 24.9. The lowest BCUT2D eigenvalue weighted by Crippen LogP contribution is -2.53. The summed E-state index contributed by atoms with van der Waals surface area (Å²) in [6.45, 7) is 3.47. The number of anilines is 1. The van der Waals surface area contributed by atoms with E-state index < -0.39 is 28.5 Å². The van der Waals surface area contributed by atoms with Crippen molar-refractivity contribution in [2.75, 3.05) is 17.4 Å². The molecule has 4 rings (SSSR count). The molecular weight excluding hydrogens is 653 g/mol. The molecular formula is C34H34Cl3N3O4S. The van der Waals surface area contributed by atoms with Gasteiger partial charge in [0, 0.05) is 34.6 Å². The maximum Gasteiger partial charge on any atom is 0.264 e. The van der Waals surface area contributed by atoms with Crippen LogP contribution in [0.25, 0.3) is 0 Å². The molecule has 236 valence electrons. The number of carbonyl (C=O) groups is 2. The predicted molar refractivity (Wildman–Crippen MR) is 181 cm³/mol. The highest BCUT2D eigenvalue weighted by molar-refractivity contribution is 7.92. The normalized spacial score (nSPS) is 11.9. The Morgan fingerprint density at radius 2 is 1.51 bits per heavy atom. The third-order valence-corrected chi connectivity index (χ3v) is 10.0. The van der Waals surface area contributed by atoms with Crippen LogP contribution in [0.1, 0.15) is 30.0 Å². The Morgan fingerprint density at radius 3 is 2.13 bits per heavy atom. The molecule has 0 bridgehead atoms. The fraction of sp³-hybridized carbons (Fsp3) is 0.235. The molecule has 4 aromatic carbocycles. The van der Waals surface area contributed by atoms with Crippen molar-refractivity contribution in [2.45, 2.75) is 44.2 Å². The first kappa shape index (κ1) is 34.3. The fourth-order valence-electron chi connectivity index (χ4n) is 4.74. The van der Waals surface area contributed by atoms with Crippen LogP contribution >= 0.6 is 34.8 Å². The molecule has 7 nitrogen and oxygen atoms in total. The van der Waals surface area contributed by atoms with E-state index in [0.29, 0.717) is 33.6 Å². The molecule has 0 aromatic heterocycles. The number of hydrogen-bond donors (Lipinski definition) is 1. The molecule has 0 aliphatic rings. The number of nitrogens with one attached hydrogen (secondary N) is 1. The van der Waals surface area contributed by atoms with Gasteiger partial charge in [0.15, 0.2) is 0 Å². The van der Waals surface area contributed by atoms with E-state index in [-0.39, 0.29) is 29.5 Å².